The van der Waals surface area contributed by atoms with Crippen molar-refractivity contribution < 1.29 is 18.7 Å². The van der Waals surface area contributed by atoms with Crippen LogP contribution in [0.4, 0.5) is 8.78 Å². The number of hydrogen-bond donors (Lipinski definition) is 2. The van der Waals surface area contributed by atoms with E-state index in [1.165, 1.54) is 0 Å². The molecule has 1 rings (SSSR count). The van der Waals surface area contributed by atoms with Crippen molar-refractivity contribution in [2.45, 2.75) is 12.8 Å². The molecule has 0 amide bonds. The summed E-state index contributed by atoms with van der Waals surface area (Å²) in [7, 11) is 0. The van der Waals surface area contributed by atoms with E-state index in [4.69, 9.17) is 5.11 Å². The number of halogens is 3. The van der Waals surface area contributed by atoms with E-state index in [1.54, 1.807) is 0 Å². The summed E-state index contributed by atoms with van der Waals surface area (Å²) >= 11 is 2.70. The molecular formula is C8H6BrF2NO3. The van der Waals surface area contributed by atoms with Gasteiger partial charge in [-0.25, -0.2) is 8.78 Å². The van der Waals surface area contributed by atoms with Crippen LogP contribution in [0.1, 0.15) is 17.7 Å². The predicted molar refractivity (Wildman–Crippen MR) is 51.1 cm³/mol. The number of nitrogens with one attached hydrogen (secondary N) is 1. The third kappa shape index (κ3) is 2.62. The number of alkyl halides is 2. The van der Waals surface area contributed by atoms with Crippen molar-refractivity contribution in [3.63, 3.8) is 0 Å². The molecule has 0 aliphatic rings. The third-order valence-electron chi connectivity index (χ3n) is 1.69. The summed E-state index contributed by atoms with van der Waals surface area (Å²) in [6.07, 6.45) is -2.33. The van der Waals surface area contributed by atoms with Crippen LogP contribution in [0.2, 0.25) is 0 Å². The molecule has 7 heteroatoms. The maximum Gasteiger partial charge on any atom is 0.308 e. The zero-order chi connectivity index (χ0) is 11.6. The van der Waals surface area contributed by atoms with Crippen LogP contribution in [0.25, 0.3) is 0 Å². The average molecular weight is 282 g/mol. The molecule has 2 N–H and O–H groups in total. The topological polar surface area (TPSA) is 70.2 Å². The highest BCUT2D eigenvalue weighted by molar-refractivity contribution is 9.10. The number of carbonyl (C=O) groups is 1. The summed E-state index contributed by atoms with van der Waals surface area (Å²) < 4.78 is 24.2. The fourth-order valence-electron chi connectivity index (χ4n) is 1.01. The molecular weight excluding hydrogens is 276 g/mol. The molecule has 0 aromatic carbocycles. The molecule has 0 bridgehead atoms. The molecule has 1 aromatic heterocycles. The second-order valence-corrected chi connectivity index (χ2v) is 3.53. The number of H-pyrrole nitrogens is 1. The van der Waals surface area contributed by atoms with Crippen molar-refractivity contribution in [1.29, 1.82) is 0 Å². The van der Waals surface area contributed by atoms with Crippen LogP contribution in [-0.2, 0) is 11.2 Å². The number of carboxylic acids is 1. The molecule has 0 radical (unpaired) electrons. The highest BCUT2D eigenvalue weighted by Gasteiger charge is 2.17. The van der Waals surface area contributed by atoms with Gasteiger partial charge in [0, 0.05) is 11.8 Å². The van der Waals surface area contributed by atoms with Crippen molar-refractivity contribution in [1.82, 2.24) is 4.98 Å². The Balaban J connectivity index is 3.22. The molecule has 0 aliphatic carbocycles. The maximum absolute atomic E-state index is 12.3. The summed E-state index contributed by atoms with van der Waals surface area (Å²) in [6, 6.07) is 0. The minimum atomic E-state index is -2.81. The molecule has 4 nitrogen and oxygen atoms in total. The average Bonchev–Trinajstić information content (AvgIpc) is 2.12. The predicted octanol–water partition coefficient (Wildman–Crippen LogP) is 1.70. The molecule has 82 valence electrons. The number of aliphatic carboxylic acids is 1. The van der Waals surface area contributed by atoms with Crippen LogP contribution in [0.5, 0.6) is 0 Å². The first kappa shape index (κ1) is 11.8. The number of hydrogen-bond acceptors (Lipinski definition) is 2. The number of carboxylic acid groups (broad SMARTS) is 1. The van der Waals surface area contributed by atoms with E-state index < -0.39 is 29.9 Å². The van der Waals surface area contributed by atoms with Gasteiger partial charge >= 0.3 is 5.97 Å². The van der Waals surface area contributed by atoms with Crippen LogP contribution in [0, 0.1) is 0 Å². The lowest BCUT2D eigenvalue weighted by Gasteiger charge is -2.04. The second-order valence-electron chi connectivity index (χ2n) is 2.74. The van der Waals surface area contributed by atoms with Gasteiger partial charge in [-0.1, -0.05) is 0 Å². The van der Waals surface area contributed by atoms with Gasteiger partial charge in [0.15, 0.2) is 5.43 Å². The Morgan fingerprint density at radius 3 is 2.67 bits per heavy atom. The molecule has 0 saturated heterocycles. The van der Waals surface area contributed by atoms with Gasteiger partial charge in [-0.2, -0.15) is 0 Å². The summed E-state index contributed by atoms with van der Waals surface area (Å²) in [5, 5.41) is 8.44. The van der Waals surface area contributed by atoms with E-state index in [0.717, 1.165) is 6.20 Å². The van der Waals surface area contributed by atoms with Gasteiger partial charge in [-0.05, 0) is 15.9 Å². The summed E-state index contributed by atoms with van der Waals surface area (Å²) in [6.45, 7) is 0. The van der Waals surface area contributed by atoms with Crippen molar-refractivity contribution in [3.8, 4) is 0 Å². The fraction of sp³-hybridized carbons (Fsp3) is 0.250. The first-order valence-electron chi connectivity index (χ1n) is 3.83. The van der Waals surface area contributed by atoms with Gasteiger partial charge in [-0.3, -0.25) is 9.59 Å². The Bertz CT molecular complexity index is 444. The molecule has 1 heterocycles. The molecule has 0 spiro atoms. The largest absolute Gasteiger partial charge is 0.481 e. The first-order valence-corrected chi connectivity index (χ1v) is 4.62. The Labute approximate surface area is 91.1 Å². The van der Waals surface area contributed by atoms with Gasteiger partial charge in [0.1, 0.15) is 5.69 Å². The Hall–Kier alpha value is -1.24. The number of aromatic nitrogens is 1. The SMILES string of the molecule is O=C(O)Cc1c[nH]c(C(F)F)c(Br)c1=O. The Morgan fingerprint density at radius 2 is 2.20 bits per heavy atom. The van der Waals surface area contributed by atoms with Gasteiger partial charge in [0.05, 0.1) is 10.9 Å². The van der Waals surface area contributed by atoms with Crippen LogP contribution in [-0.4, -0.2) is 16.1 Å². The zero-order valence-electron chi connectivity index (χ0n) is 7.26. The van der Waals surface area contributed by atoms with E-state index in [1.807, 2.05) is 0 Å². The number of aromatic amines is 1. The van der Waals surface area contributed by atoms with E-state index in [-0.39, 0.29) is 10.0 Å². The summed E-state index contributed by atoms with van der Waals surface area (Å²) in [5.41, 5.74) is -1.35. The van der Waals surface area contributed by atoms with Crippen LogP contribution in [0.15, 0.2) is 15.5 Å². The standard InChI is InChI=1S/C8H6BrF2NO3/c9-5-6(8(10)11)12-2-3(7(5)15)1-4(13)14/h2,8H,1H2,(H,12,15)(H,13,14). The van der Waals surface area contributed by atoms with Gasteiger partial charge in [0.25, 0.3) is 6.43 Å². The molecule has 15 heavy (non-hydrogen) atoms. The van der Waals surface area contributed by atoms with Crippen molar-refractivity contribution >= 4 is 21.9 Å². The van der Waals surface area contributed by atoms with Crippen molar-refractivity contribution in [3.05, 3.63) is 32.2 Å². The molecule has 1 aromatic rings. The highest BCUT2D eigenvalue weighted by Crippen LogP contribution is 2.22. The molecule has 0 aliphatic heterocycles. The maximum atomic E-state index is 12.3. The van der Waals surface area contributed by atoms with E-state index in [9.17, 15) is 18.4 Å². The lowest BCUT2D eigenvalue weighted by atomic mass is 10.2. The van der Waals surface area contributed by atoms with Crippen LogP contribution >= 0.6 is 15.9 Å². The number of rotatable bonds is 3. The van der Waals surface area contributed by atoms with Crippen molar-refractivity contribution in [2.75, 3.05) is 0 Å². The quantitative estimate of drug-likeness (QED) is 0.886. The molecule has 0 atom stereocenters. The van der Waals surface area contributed by atoms with E-state index in [2.05, 4.69) is 20.9 Å². The van der Waals surface area contributed by atoms with Gasteiger partial charge < -0.3 is 10.1 Å². The second kappa shape index (κ2) is 4.52. The Morgan fingerprint density at radius 1 is 1.60 bits per heavy atom. The smallest absolute Gasteiger partial charge is 0.308 e. The van der Waals surface area contributed by atoms with E-state index >= 15 is 0 Å². The summed E-state index contributed by atoms with van der Waals surface area (Å²) in [5.74, 6) is -1.20. The Kier molecular flexibility index (Phi) is 3.57. The zero-order valence-corrected chi connectivity index (χ0v) is 8.85. The number of pyridine rings is 1. The molecule has 0 fully saturated rings. The lowest BCUT2D eigenvalue weighted by Crippen LogP contribution is -2.16. The van der Waals surface area contributed by atoms with Crippen LogP contribution < -0.4 is 5.43 Å². The molecule has 0 unspecified atom stereocenters. The van der Waals surface area contributed by atoms with Crippen molar-refractivity contribution in [2.24, 2.45) is 0 Å². The third-order valence-corrected chi connectivity index (χ3v) is 2.48. The van der Waals surface area contributed by atoms with Gasteiger partial charge in [0.2, 0.25) is 0 Å². The van der Waals surface area contributed by atoms with Crippen LogP contribution in [0.3, 0.4) is 0 Å². The lowest BCUT2D eigenvalue weighted by molar-refractivity contribution is -0.136. The van der Waals surface area contributed by atoms with Gasteiger partial charge in [-0.15, -0.1) is 0 Å². The minimum Gasteiger partial charge on any atom is -0.481 e. The fourth-order valence-corrected chi connectivity index (χ4v) is 1.55. The normalized spacial score (nSPS) is 10.7. The monoisotopic (exact) mass is 281 g/mol. The first-order chi connectivity index (χ1) is 6.93. The minimum absolute atomic E-state index is 0.0706. The van der Waals surface area contributed by atoms with E-state index in [0.29, 0.717) is 0 Å². The highest BCUT2D eigenvalue weighted by atomic mass is 79.9. The summed E-state index contributed by atoms with van der Waals surface area (Å²) in [4.78, 5) is 23.9. The molecule has 0 saturated carbocycles.